The van der Waals surface area contributed by atoms with Crippen LogP contribution >= 0.6 is 0 Å². The second-order valence-electron chi connectivity index (χ2n) is 9.26. The van der Waals surface area contributed by atoms with Crippen molar-refractivity contribution >= 4 is 33.1 Å². The molecule has 7 heteroatoms. The number of carboxylic acid groups (broad SMARTS) is 2. The quantitative estimate of drug-likeness (QED) is 0.155. The molecule has 0 aliphatic heterocycles. The Hall–Kier alpha value is -0.601. The minimum Gasteiger partial charge on any atom is -0.545 e. The van der Waals surface area contributed by atoms with E-state index in [-0.39, 0.29) is 27.7 Å². The van der Waals surface area contributed by atoms with Gasteiger partial charge >= 0.3 is 69.5 Å². The van der Waals surface area contributed by atoms with Crippen molar-refractivity contribution in [1.82, 2.24) is 0 Å². The molecule has 0 radical (unpaired) electrons. The number of aliphatic carboxylic acids is 2. The van der Waals surface area contributed by atoms with Crippen LogP contribution in [-0.4, -0.2) is 55.5 Å². The maximum Gasteiger partial charge on any atom is 0.0643 e. The van der Waals surface area contributed by atoms with Crippen molar-refractivity contribution in [3.63, 3.8) is 0 Å². The van der Waals surface area contributed by atoms with E-state index in [1.165, 1.54) is 57.8 Å². The summed E-state index contributed by atoms with van der Waals surface area (Å²) in [4.78, 5) is 18.8. The summed E-state index contributed by atoms with van der Waals surface area (Å²) in [6.45, 7) is 12.5. The molecule has 0 amide bonds. The summed E-state index contributed by atoms with van der Waals surface area (Å²) in [5, 5.41) is 38.4. The first-order valence-corrected chi connectivity index (χ1v) is 16.6. The number of aliphatic hydroxyl groups excluding tert-OH is 1. The fraction of sp³-hybridized carbons (Fsp3) is 0.846. The van der Waals surface area contributed by atoms with Crippen molar-refractivity contribution in [1.29, 1.82) is 0 Å². The summed E-state index contributed by atoms with van der Waals surface area (Å²) >= 11 is 0.149. The molecule has 0 aromatic carbocycles. The van der Waals surface area contributed by atoms with Gasteiger partial charge in [0.15, 0.2) is 0 Å². The number of hydrogen-bond acceptors (Lipinski definition) is 6. The molecule has 1 unspecified atom stereocenters. The Morgan fingerprint density at radius 3 is 1.52 bits per heavy atom. The molecular weight excluding hydrogens is 527 g/mol. The van der Waals surface area contributed by atoms with Crippen LogP contribution in [0, 0.1) is 5.41 Å². The first-order chi connectivity index (χ1) is 15.4. The van der Waals surface area contributed by atoms with E-state index in [1.807, 2.05) is 20.8 Å². The van der Waals surface area contributed by atoms with Crippen molar-refractivity contribution in [2.75, 3.05) is 6.61 Å². The predicted molar refractivity (Wildman–Crippen MR) is 134 cm³/mol. The standard InChI is InChI=1S/C14H30O2.C4H4O4.2C4H9.Sn/c1-5-6-7-8-9-10-11-14(4,16)13(2,3)12-15;5-3(6)1-2-4(7)8;2*1-3-4-2;/h15-16H,5-12H2,1-4H3;1-2H,(H,5,6)(H,7,8);2*1,3-4H2,2H3;/q;;;;+2/p-2. The summed E-state index contributed by atoms with van der Waals surface area (Å²) in [5.41, 5.74) is -1.16. The second-order valence-corrected chi connectivity index (χ2v) is 13.5. The molecule has 0 saturated heterocycles. The van der Waals surface area contributed by atoms with E-state index in [2.05, 4.69) is 20.8 Å². The number of aliphatic hydroxyl groups is 2. The minimum atomic E-state index is -1.55. The Morgan fingerprint density at radius 2 is 1.15 bits per heavy atom. The Kier molecular flexibility index (Phi) is 27.5. The van der Waals surface area contributed by atoms with Crippen molar-refractivity contribution in [2.24, 2.45) is 5.41 Å². The van der Waals surface area contributed by atoms with Gasteiger partial charge in [0.1, 0.15) is 0 Å². The number of carbonyl (C=O) groups excluding carboxylic acids is 2. The summed E-state index contributed by atoms with van der Waals surface area (Å²) in [6.07, 6.45) is 14.8. The van der Waals surface area contributed by atoms with Crippen LogP contribution in [0.25, 0.3) is 0 Å². The van der Waals surface area contributed by atoms with E-state index in [0.717, 1.165) is 12.8 Å². The monoisotopic (exact) mass is 578 g/mol. The van der Waals surface area contributed by atoms with Crippen molar-refractivity contribution < 1.29 is 30.0 Å². The Labute approximate surface area is 213 Å². The first kappa shape index (κ1) is 37.0. The van der Waals surface area contributed by atoms with E-state index in [9.17, 15) is 30.0 Å². The van der Waals surface area contributed by atoms with E-state index < -0.39 is 23.0 Å². The van der Waals surface area contributed by atoms with Crippen LogP contribution in [-0.2, 0) is 9.59 Å². The van der Waals surface area contributed by atoms with Gasteiger partial charge < -0.3 is 30.0 Å². The molecule has 0 fully saturated rings. The first-order valence-electron chi connectivity index (χ1n) is 12.6. The molecule has 0 rings (SSSR count). The van der Waals surface area contributed by atoms with Gasteiger partial charge in [-0.3, -0.25) is 0 Å². The van der Waals surface area contributed by atoms with Crippen LogP contribution < -0.4 is 10.2 Å². The Balaban J connectivity index is -0.000000449. The van der Waals surface area contributed by atoms with E-state index in [4.69, 9.17) is 0 Å². The van der Waals surface area contributed by atoms with Gasteiger partial charge in [-0.05, 0) is 25.5 Å². The van der Waals surface area contributed by atoms with Crippen LogP contribution in [0.1, 0.15) is 112 Å². The molecule has 0 saturated carbocycles. The molecule has 0 heterocycles. The fourth-order valence-electron chi connectivity index (χ4n) is 2.62. The van der Waals surface area contributed by atoms with Gasteiger partial charge in [0.2, 0.25) is 0 Å². The molecule has 6 nitrogen and oxygen atoms in total. The third-order valence-corrected chi connectivity index (χ3v) is 9.68. The number of unbranched alkanes of at least 4 members (excludes halogenated alkanes) is 7. The largest absolute Gasteiger partial charge is 0.545 e. The maximum atomic E-state index is 10.3. The number of carboxylic acids is 2. The molecule has 0 aliphatic rings. The summed E-state index contributed by atoms with van der Waals surface area (Å²) in [6, 6.07) is 0. The minimum absolute atomic E-state index is 0.0375. The molecule has 0 bridgehead atoms. The number of rotatable bonds is 17. The maximum absolute atomic E-state index is 10.3. The average molecular weight is 577 g/mol. The normalized spacial score (nSPS) is 12.6. The third-order valence-electron chi connectivity index (χ3n) is 5.64. The van der Waals surface area contributed by atoms with Gasteiger partial charge in [0.25, 0.3) is 0 Å². The number of hydrogen-bond donors (Lipinski definition) is 2. The SMILES string of the molecule is CCCCCCCCC(C)(O)C(C)(C)CO.CCC[CH2][Sn+2][CH2]CCC.O=C([O-])C=CC(=O)[O-]. The van der Waals surface area contributed by atoms with Crippen molar-refractivity contribution in [3.05, 3.63) is 12.2 Å². The van der Waals surface area contributed by atoms with Gasteiger partial charge in [0, 0.05) is 5.41 Å². The molecule has 0 aromatic rings. The van der Waals surface area contributed by atoms with Gasteiger partial charge in [-0.25, -0.2) is 0 Å². The predicted octanol–water partition coefficient (Wildman–Crippen LogP) is 3.68. The third kappa shape index (κ3) is 27.5. The van der Waals surface area contributed by atoms with Gasteiger partial charge in [-0.2, -0.15) is 0 Å². The summed E-state index contributed by atoms with van der Waals surface area (Å²) in [7, 11) is 0. The smallest absolute Gasteiger partial charge is 0.0643 e. The van der Waals surface area contributed by atoms with Crippen LogP contribution in [0.5, 0.6) is 0 Å². The van der Waals surface area contributed by atoms with Crippen molar-refractivity contribution in [2.45, 2.75) is 127 Å². The Bertz CT molecular complexity index is 467. The van der Waals surface area contributed by atoms with E-state index in [1.54, 1.807) is 8.87 Å². The van der Waals surface area contributed by atoms with E-state index in [0.29, 0.717) is 12.2 Å². The molecule has 33 heavy (non-hydrogen) atoms. The summed E-state index contributed by atoms with van der Waals surface area (Å²) in [5.74, 6) is -3.09. The summed E-state index contributed by atoms with van der Waals surface area (Å²) < 4.78 is 3.25. The van der Waals surface area contributed by atoms with Crippen LogP contribution in [0.4, 0.5) is 0 Å². The average Bonchev–Trinajstić information content (AvgIpc) is 2.75. The molecule has 2 N–H and O–H groups in total. The molecule has 194 valence electrons. The molecular formula is C26H50O6Sn. The van der Waals surface area contributed by atoms with Gasteiger partial charge in [-0.15, -0.1) is 0 Å². The van der Waals surface area contributed by atoms with Crippen LogP contribution in [0.2, 0.25) is 8.87 Å². The molecule has 0 spiro atoms. The topological polar surface area (TPSA) is 121 Å². The van der Waals surface area contributed by atoms with Crippen molar-refractivity contribution in [3.8, 4) is 0 Å². The molecule has 1 atom stereocenters. The second kappa shape index (κ2) is 24.5. The van der Waals surface area contributed by atoms with Crippen LogP contribution in [0.15, 0.2) is 12.2 Å². The zero-order valence-corrected chi connectivity index (χ0v) is 24.9. The van der Waals surface area contributed by atoms with Gasteiger partial charge in [-0.1, -0.05) is 59.3 Å². The fourth-order valence-corrected chi connectivity index (χ4v) is 6.78. The molecule has 0 aromatic heterocycles. The molecule has 0 aliphatic carbocycles. The number of carbonyl (C=O) groups is 2. The van der Waals surface area contributed by atoms with E-state index >= 15 is 0 Å². The van der Waals surface area contributed by atoms with Gasteiger partial charge in [0.05, 0.1) is 24.1 Å². The zero-order valence-electron chi connectivity index (χ0n) is 22.1. The van der Waals surface area contributed by atoms with Crippen LogP contribution in [0.3, 0.4) is 0 Å². The zero-order chi connectivity index (χ0) is 26.2. The Morgan fingerprint density at radius 1 is 0.758 bits per heavy atom.